The number of hydrogen-bond donors (Lipinski definition) is 1. The fourth-order valence-electron chi connectivity index (χ4n) is 1.03. The molecule has 2 N–H and O–H groups in total. The summed E-state index contributed by atoms with van der Waals surface area (Å²) >= 11 is 2.95. The molecule has 0 amide bonds. The summed E-state index contributed by atoms with van der Waals surface area (Å²) in [6.45, 7) is 0.526. The maximum Gasteiger partial charge on any atom is 0.170 e. The van der Waals surface area contributed by atoms with E-state index in [1.165, 1.54) is 11.5 Å². The lowest BCUT2D eigenvalue weighted by molar-refractivity contribution is 0.507. The van der Waals surface area contributed by atoms with E-state index in [4.69, 9.17) is 10.2 Å². The fraction of sp³-hybridized carbons (Fsp3) is 0.250. The van der Waals surface area contributed by atoms with Crippen molar-refractivity contribution in [3.05, 3.63) is 30.5 Å². The predicted octanol–water partition coefficient (Wildman–Crippen LogP) is 1.92. The van der Waals surface area contributed by atoms with E-state index < -0.39 is 0 Å². The van der Waals surface area contributed by atoms with Crippen molar-refractivity contribution in [1.82, 2.24) is 9.36 Å². The Morgan fingerprint density at radius 3 is 3.14 bits per heavy atom. The van der Waals surface area contributed by atoms with Gasteiger partial charge < -0.3 is 10.2 Å². The highest BCUT2D eigenvalue weighted by atomic mass is 32.2. The number of hydrogen-bond acceptors (Lipinski definition) is 6. The molecule has 2 rings (SSSR count). The van der Waals surface area contributed by atoms with Gasteiger partial charge in [-0.25, -0.2) is 4.98 Å². The molecule has 0 spiro atoms. The molecule has 74 valence electrons. The Morgan fingerprint density at radius 1 is 1.64 bits per heavy atom. The first-order chi connectivity index (χ1) is 6.90. The maximum absolute atomic E-state index is 5.66. The lowest BCUT2D eigenvalue weighted by Crippen LogP contribution is -2.08. The quantitative estimate of drug-likeness (QED) is 0.808. The normalized spacial score (nSPS) is 12.9. The molecule has 0 aliphatic heterocycles. The van der Waals surface area contributed by atoms with Crippen LogP contribution in [0.5, 0.6) is 0 Å². The number of nitrogens with two attached hydrogens (primary N) is 1. The fourth-order valence-corrected chi connectivity index (χ4v) is 2.66. The minimum Gasteiger partial charge on any atom is -0.468 e. The van der Waals surface area contributed by atoms with Crippen LogP contribution in [-0.2, 0) is 0 Å². The van der Waals surface area contributed by atoms with Gasteiger partial charge in [0.05, 0.1) is 11.5 Å². The van der Waals surface area contributed by atoms with E-state index in [-0.39, 0.29) is 5.25 Å². The number of nitrogens with zero attached hydrogens (tertiary/aromatic N) is 2. The van der Waals surface area contributed by atoms with Crippen molar-refractivity contribution >= 4 is 23.3 Å². The van der Waals surface area contributed by atoms with Crippen molar-refractivity contribution in [2.24, 2.45) is 5.73 Å². The topological polar surface area (TPSA) is 64.9 Å². The van der Waals surface area contributed by atoms with Crippen molar-refractivity contribution in [3.63, 3.8) is 0 Å². The van der Waals surface area contributed by atoms with Gasteiger partial charge in [-0.15, -0.1) is 0 Å². The van der Waals surface area contributed by atoms with Crippen molar-refractivity contribution in [2.75, 3.05) is 6.54 Å². The molecule has 0 aromatic carbocycles. The zero-order valence-corrected chi connectivity index (χ0v) is 8.92. The molecule has 0 aliphatic rings. The Balaban J connectivity index is 2.08. The van der Waals surface area contributed by atoms with E-state index in [9.17, 15) is 0 Å². The second-order valence-electron chi connectivity index (χ2n) is 2.56. The summed E-state index contributed by atoms with van der Waals surface area (Å²) in [5.41, 5.74) is 5.66. The summed E-state index contributed by atoms with van der Waals surface area (Å²) < 4.78 is 10.1. The van der Waals surface area contributed by atoms with Crippen LogP contribution in [0.3, 0.4) is 0 Å². The zero-order chi connectivity index (χ0) is 9.80. The van der Waals surface area contributed by atoms with Crippen LogP contribution in [0.25, 0.3) is 0 Å². The lowest BCUT2D eigenvalue weighted by atomic mass is 10.3. The number of aromatic nitrogens is 2. The molecule has 0 aliphatic carbocycles. The first-order valence-electron chi connectivity index (χ1n) is 4.07. The van der Waals surface area contributed by atoms with Crippen LogP contribution < -0.4 is 5.73 Å². The van der Waals surface area contributed by atoms with Gasteiger partial charge in [0, 0.05) is 6.54 Å². The molecule has 1 atom stereocenters. The molecule has 0 saturated heterocycles. The molecule has 0 fully saturated rings. The smallest absolute Gasteiger partial charge is 0.170 e. The summed E-state index contributed by atoms with van der Waals surface area (Å²) in [6, 6.07) is 3.78. The molecule has 1 unspecified atom stereocenters. The molecular weight excluding hydrogens is 218 g/mol. The first-order valence-corrected chi connectivity index (χ1v) is 5.72. The predicted molar refractivity (Wildman–Crippen MR) is 56.3 cm³/mol. The Kier molecular flexibility index (Phi) is 3.18. The summed E-state index contributed by atoms with van der Waals surface area (Å²) in [6.07, 6.45) is 3.20. The number of rotatable bonds is 4. The number of furan rings is 1. The lowest BCUT2D eigenvalue weighted by Gasteiger charge is -2.08. The standard InChI is InChI=1S/C8H9N3OS2/c9-4-7(6-2-1-3-12-6)13-8-10-5-11-14-8/h1-3,5,7H,4,9H2. The Morgan fingerprint density at radius 2 is 2.57 bits per heavy atom. The Labute approximate surface area is 89.7 Å². The van der Waals surface area contributed by atoms with Crippen LogP contribution in [-0.4, -0.2) is 15.9 Å². The van der Waals surface area contributed by atoms with Crippen molar-refractivity contribution in [2.45, 2.75) is 9.59 Å². The highest BCUT2D eigenvalue weighted by Crippen LogP contribution is 2.34. The molecule has 0 bridgehead atoms. The molecule has 14 heavy (non-hydrogen) atoms. The third kappa shape index (κ3) is 2.14. The van der Waals surface area contributed by atoms with E-state index in [2.05, 4.69) is 9.36 Å². The van der Waals surface area contributed by atoms with Crippen molar-refractivity contribution < 1.29 is 4.42 Å². The van der Waals surface area contributed by atoms with Crippen LogP contribution in [0.15, 0.2) is 33.5 Å². The third-order valence-electron chi connectivity index (χ3n) is 1.66. The first kappa shape index (κ1) is 9.70. The Hall–Kier alpha value is -0.850. The van der Waals surface area contributed by atoms with Gasteiger partial charge in [0.25, 0.3) is 0 Å². The summed E-state index contributed by atoms with van der Waals surface area (Å²) in [5, 5.41) is 0.123. The average Bonchev–Trinajstić information content (AvgIpc) is 2.86. The SMILES string of the molecule is NCC(Sc1ncns1)c1ccco1. The highest BCUT2D eigenvalue weighted by Gasteiger charge is 2.15. The minimum atomic E-state index is 0.123. The zero-order valence-electron chi connectivity index (χ0n) is 7.29. The molecule has 4 nitrogen and oxygen atoms in total. The van der Waals surface area contributed by atoms with Gasteiger partial charge in [-0.2, -0.15) is 4.37 Å². The van der Waals surface area contributed by atoms with Crippen LogP contribution in [0.1, 0.15) is 11.0 Å². The summed E-state index contributed by atoms with van der Waals surface area (Å²) in [5.74, 6) is 0.882. The van der Waals surface area contributed by atoms with E-state index in [0.717, 1.165) is 10.1 Å². The van der Waals surface area contributed by atoms with Gasteiger partial charge in [0.1, 0.15) is 12.1 Å². The second-order valence-corrected chi connectivity index (χ2v) is 4.79. The van der Waals surface area contributed by atoms with Crippen LogP contribution in [0.2, 0.25) is 0 Å². The molecule has 2 heterocycles. The molecular formula is C8H9N3OS2. The second kappa shape index (κ2) is 4.59. The molecule has 0 saturated carbocycles. The largest absolute Gasteiger partial charge is 0.468 e. The minimum absolute atomic E-state index is 0.123. The third-order valence-corrected chi connectivity index (χ3v) is 3.65. The van der Waals surface area contributed by atoms with E-state index in [1.807, 2.05) is 12.1 Å². The van der Waals surface area contributed by atoms with E-state index in [1.54, 1.807) is 24.4 Å². The summed E-state index contributed by atoms with van der Waals surface area (Å²) in [7, 11) is 0. The van der Waals surface area contributed by atoms with Crippen molar-refractivity contribution in [1.29, 1.82) is 0 Å². The molecule has 6 heteroatoms. The molecule has 2 aromatic rings. The van der Waals surface area contributed by atoms with E-state index >= 15 is 0 Å². The number of thioether (sulfide) groups is 1. The molecule has 0 radical (unpaired) electrons. The van der Waals surface area contributed by atoms with Gasteiger partial charge in [-0.05, 0) is 23.7 Å². The van der Waals surface area contributed by atoms with Crippen LogP contribution >= 0.6 is 23.3 Å². The van der Waals surface area contributed by atoms with Gasteiger partial charge in [0.15, 0.2) is 4.34 Å². The summed E-state index contributed by atoms with van der Waals surface area (Å²) in [4.78, 5) is 4.09. The van der Waals surface area contributed by atoms with Gasteiger partial charge in [0.2, 0.25) is 0 Å². The monoisotopic (exact) mass is 227 g/mol. The van der Waals surface area contributed by atoms with E-state index in [0.29, 0.717) is 6.54 Å². The van der Waals surface area contributed by atoms with Crippen molar-refractivity contribution in [3.8, 4) is 0 Å². The van der Waals surface area contributed by atoms with Crippen LogP contribution in [0, 0.1) is 0 Å². The highest BCUT2D eigenvalue weighted by molar-refractivity contribution is 8.01. The van der Waals surface area contributed by atoms with Crippen LogP contribution in [0.4, 0.5) is 0 Å². The van der Waals surface area contributed by atoms with Gasteiger partial charge in [-0.3, -0.25) is 0 Å². The molecule has 2 aromatic heterocycles. The Bertz CT molecular complexity index is 360. The van der Waals surface area contributed by atoms with Gasteiger partial charge >= 0.3 is 0 Å². The average molecular weight is 227 g/mol. The maximum atomic E-state index is 5.66. The van der Waals surface area contributed by atoms with Gasteiger partial charge in [-0.1, -0.05) is 11.8 Å².